The van der Waals surface area contributed by atoms with Gasteiger partial charge in [0.05, 0.1) is 7.11 Å². The number of methoxy groups -OCH3 is 1. The maximum Gasteiger partial charge on any atom is 0.411 e. The Morgan fingerprint density at radius 3 is 2.36 bits per heavy atom. The number of nitrogens with zero attached hydrogens (tertiary/aromatic N) is 2. The van der Waals surface area contributed by atoms with Gasteiger partial charge < -0.3 is 20.3 Å². The molecule has 33 heavy (non-hydrogen) atoms. The summed E-state index contributed by atoms with van der Waals surface area (Å²) in [5.74, 6) is -1.07. The van der Waals surface area contributed by atoms with Crippen molar-refractivity contribution in [3.8, 4) is 0 Å². The summed E-state index contributed by atoms with van der Waals surface area (Å²) < 4.78 is 4.88. The molecule has 3 atom stereocenters. The highest BCUT2D eigenvalue weighted by Gasteiger charge is 2.52. The minimum atomic E-state index is -0.850. The number of hydrogen-bond acceptors (Lipinski definition) is 5. The number of benzene rings is 2. The van der Waals surface area contributed by atoms with Gasteiger partial charge >= 0.3 is 6.09 Å². The summed E-state index contributed by atoms with van der Waals surface area (Å²) in [7, 11) is 1.27. The van der Waals surface area contributed by atoms with Crippen LogP contribution in [-0.2, 0) is 20.9 Å². The van der Waals surface area contributed by atoms with Gasteiger partial charge in [-0.1, -0.05) is 48.5 Å². The molecule has 0 aromatic heterocycles. The van der Waals surface area contributed by atoms with E-state index in [0.717, 1.165) is 5.56 Å². The van der Waals surface area contributed by atoms with Crippen LogP contribution >= 0.6 is 0 Å². The number of carbonyl (C=O) groups excluding carboxylic acids is 4. The van der Waals surface area contributed by atoms with Gasteiger partial charge in [0.15, 0.2) is 0 Å². The zero-order valence-corrected chi connectivity index (χ0v) is 18.3. The van der Waals surface area contributed by atoms with E-state index in [2.05, 4.69) is 10.6 Å². The average molecular weight is 450 g/mol. The van der Waals surface area contributed by atoms with Gasteiger partial charge in [0.2, 0.25) is 11.8 Å². The van der Waals surface area contributed by atoms with E-state index in [9.17, 15) is 19.2 Å². The summed E-state index contributed by atoms with van der Waals surface area (Å²) in [6.07, 6.45) is -0.796. The van der Waals surface area contributed by atoms with E-state index in [1.807, 2.05) is 30.3 Å². The minimum Gasteiger partial charge on any atom is -0.453 e. The summed E-state index contributed by atoms with van der Waals surface area (Å²) in [6, 6.07) is 16.5. The van der Waals surface area contributed by atoms with Gasteiger partial charge in [0.1, 0.15) is 18.2 Å². The van der Waals surface area contributed by atoms with Gasteiger partial charge in [-0.3, -0.25) is 19.3 Å². The number of hydrogen-bond donors (Lipinski definition) is 2. The zero-order chi connectivity index (χ0) is 23.4. The Hall–Kier alpha value is -3.88. The standard InChI is InChI=1S/C24H26N4O5/c1-33-24(32)27-13-12-19(22(30)25-15-16-8-4-2-5-9-16)28-20(27)14-18(23(28)31)26-21(29)17-10-6-3-7-11-17/h2-11,18-20H,12-15H2,1H3,(H,25,30)(H,26,29)/t18-,19-,20?/m0/s1. The second kappa shape index (κ2) is 9.72. The van der Waals surface area contributed by atoms with Gasteiger partial charge in [-0.15, -0.1) is 0 Å². The highest BCUT2D eigenvalue weighted by molar-refractivity contribution is 5.99. The van der Waals surface area contributed by atoms with E-state index in [-0.39, 0.29) is 31.2 Å². The van der Waals surface area contributed by atoms with E-state index in [0.29, 0.717) is 12.1 Å². The first kappa shape index (κ1) is 22.3. The Balaban J connectivity index is 1.51. The molecule has 1 unspecified atom stereocenters. The molecule has 172 valence electrons. The van der Waals surface area contributed by atoms with Gasteiger partial charge in [-0.05, 0) is 24.1 Å². The number of amides is 4. The van der Waals surface area contributed by atoms with Crippen molar-refractivity contribution >= 4 is 23.8 Å². The molecular formula is C24H26N4O5. The van der Waals surface area contributed by atoms with Crippen molar-refractivity contribution in [2.45, 2.75) is 37.6 Å². The largest absolute Gasteiger partial charge is 0.453 e. The molecule has 9 nitrogen and oxygen atoms in total. The van der Waals surface area contributed by atoms with Gasteiger partial charge in [0.25, 0.3) is 5.91 Å². The van der Waals surface area contributed by atoms with E-state index >= 15 is 0 Å². The van der Waals surface area contributed by atoms with Crippen molar-refractivity contribution in [2.75, 3.05) is 13.7 Å². The number of carbonyl (C=O) groups is 4. The molecule has 2 N–H and O–H groups in total. The number of fused-ring (bicyclic) bond motifs is 1. The quantitative estimate of drug-likeness (QED) is 0.718. The van der Waals surface area contributed by atoms with Gasteiger partial charge in [-0.25, -0.2) is 4.79 Å². The van der Waals surface area contributed by atoms with Crippen LogP contribution in [-0.4, -0.2) is 65.5 Å². The normalized spacial score (nSPS) is 21.8. The first-order chi connectivity index (χ1) is 16.0. The van der Waals surface area contributed by atoms with E-state index < -0.39 is 30.2 Å². The molecule has 4 amide bonds. The molecule has 4 rings (SSSR count). The molecule has 0 spiro atoms. The summed E-state index contributed by atoms with van der Waals surface area (Å²) in [6.45, 7) is 0.599. The van der Waals surface area contributed by atoms with Crippen molar-refractivity contribution in [3.63, 3.8) is 0 Å². The second-order valence-corrected chi connectivity index (χ2v) is 8.03. The van der Waals surface area contributed by atoms with E-state index in [1.165, 1.54) is 16.9 Å². The lowest BCUT2D eigenvalue weighted by atomic mass is 10.1. The molecule has 2 aliphatic heterocycles. The number of nitrogens with one attached hydrogen (secondary N) is 2. The highest BCUT2D eigenvalue weighted by atomic mass is 16.5. The molecule has 2 aliphatic rings. The molecule has 0 aliphatic carbocycles. The molecule has 2 aromatic carbocycles. The first-order valence-corrected chi connectivity index (χ1v) is 10.8. The Kier molecular flexibility index (Phi) is 6.58. The fourth-order valence-electron chi connectivity index (χ4n) is 4.38. The van der Waals surface area contributed by atoms with E-state index in [4.69, 9.17) is 4.74 Å². The lowest BCUT2D eigenvalue weighted by Crippen LogP contribution is -2.62. The molecule has 2 fully saturated rings. The van der Waals surface area contributed by atoms with Crippen LogP contribution in [0.3, 0.4) is 0 Å². The predicted octanol–water partition coefficient (Wildman–Crippen LogP) is 1.50. The Morgan fingerprint density at radius 2 is 1.70 bits per heavy atom. The summed E-state index contributed by atoms with van der Waals surface area (Å²) >= 11 is 0. The van der Waals surface area contributed by atoms with Gasteiger partial charge in [-0.2, -0.15) is 0 Å². The van der Waals surface area contributed by atoms with Crippen LogP contribution in [0.5, 0.6) is 0 Å². The smallest absolute Gasteiger partial charge is 0.411 e. The maximum atomic E-state index is 13.3. The second-order valence-electron chi connectivity index (χ2n) is 8.03. The Labute approximate surface area is 191 Å². The molecule has 2 aromatic rings. The lowest BCUT2D eigenvalue weighted by Gasteiger charge is -2.43. The van der Waals surface area contributed by atoms with Crippen molar-refractivity contribution in [3.05, 3.63) is 71.8 Å². The van der Waals surface area contributed by atoms with Crippen molar-refractivity contribution < 1.29 is 23.9 Å². The van der Waals surface area contributed by atoms with Crippen molar-refractivity contribution in [2.24, 2.45) is 0 Å². The van der Waals surface area contributed by atoms with Crippen LogP contribution in [0.25, 0.3) is 0 Å². The van der Waals surface area contributed by atoms with Crippen LogP contribution in [0.2, 0.25) is 0 Å². The molecule has 2 saturated heterocycles. The third-order valence-electron chi connectivity index (χ3n) is 6.02. The Morgan fingerprint density at radius 1 is 1.03 bits per heavy atom. The predicted molar refractivity (Wildman–Crippen MR) is 119 cm³/mol. The lowest BCUT2D eigenvalue weighted by molar-refractivity contribution is -0.146. The number of rotatable bonds is 5. The monoisotopic (exact) mass is 450 g/mol. The highest BCUT2D eigenvalue weighted by Crippen LogP contribution is 2.31. The molecule has 0 bridgehead atoms. The van der Waals surface area contributed by atoms with Crippen LogP contribution in [0.4, 0.5) is 4.79 Å². The van der Waals surface area contributed by atoms with Crippen LogP contribution < -0.4 is 10.6 Å². The maximum absolute atomic E-state index is 13.3. The third-order valence-corrected chi connectivity index (χ3v) is 6.02. The zero-order valence-electron chi connectivity index (χ0n) is 18.3. The third kappa shape index (κ3) is 4.67. The number of ether oxygens (including phenoxy) is 1. The topological polar surface area (TPSA) is 108 Å². The Bertz CT molecular complexity index is 1030. The van der Waals surface area contributed by atoms with Crippen molar-refractivity contribution in [1.82, 2.24) is 20.4 Å². The van der Waals surface area contributed by atoms with Crippen molar-refractivity contribution in [1.29, 1.82) is 0 Å². The minimum absolute atomic E-state index is 0.176. The molecular weight excluding hydrogens is 424 g/mol. The SMILES string of the molecule is COC(=O)N1CC[C@@H](C(=O)NCc2ccccc2)N2C(=O)[C@@H](NC(=O)c3ccccc3)CC12. The summed E-state index contributed by atoms with van der Waals surface area (Å²) in [5.41, 5.74) is 1.37. The van der Waals surface area contributed by atoms with Crippen LogP contribution in [0, 0.1) is 0 Å². The fourth-order valence-corrected chi connectivity index (χ4v) is 4.38. The molecule has 2 heterocycles. The molecule has 0 saturated carbocycles. The fraction of sp³-hybridized carbons (Fsp3) is 0.333. The molecule has 9 heteroatoms. The van der Waals surface area contributed by atoms with E-state index in [1.54, 1.807) is 30.3 Å². The van der Waals surface area contributed by atoms with Gasteiger partial charge in [0, 0.05) is 25.1 Å². The summed E-state index contributed by atoms with van der Waals surface area (Å²) in [5, 5.41) is 5.64. The van der Waals surface area contributed by atoms with Crippen LogP contribution in [0.15, 0.2) is 60.7 Å². The first-order valence-electron chi connectivity index (χ1n) is 10.8. The molecule has 0 radical (unpaired) electrons. The summed E-state index contributed by atoms with van der Waals surface area (Å²) in [4.78, 5) is 54.1. The van der Waals surface area contributed by atoms with Crippen LogP contribution in [0.1, 0.15) is 28.8 Å². The average Bonchev–Trinajstić information content (AvgIpc) is 3.18.